The maximum Gasteiger partial charge on any atom is 0.243 e. The molecule has 1 aromatic heterocycles. The summed E-state index contributed by atoms with van der Waals surface area (Å²) in [5.41, 5.74) is 1.11. The lowest BCUT2D eigenvalue weighted by Crippen LogP contribution is -2.38. The number of guanidine groups is 1. The minimum Gasteiger partial charge on any atom is -0.357 e. The summed E-state index contributed by atoms with van der Waals surface area (Å²) in [4.78, 5) is 21.9. The lowest BCUT2D eigenvalue weighted by molar-refractivity contribution is -0.127. The van der Waals surface area contributed by atoms with Gasteiger partial charge < -0.3 is 15.5 Å². The SMILES string of the molecule is CCNC(=NCC(=O)N(C)C)NCc1nc(C(C)C)cs1. The van der Waals surface area contributed by atoms with Gasteiger partial charge in [0.1, 0.15) is 11.6 Å². The van der Waals surface area contributed by atoms with Crippen LogP contribution in [0.5, 0.6) is 0 Å². The first-order valence-corrected chi connectivity index (χ1v) is 7.98. The van der Waals surface area contributed by atoms with E-state index in [1.54, 1.807) is 25.4 Å². The van der Waals surface area contributed by atoms with E-state index in [2.05, 4.69) is 39.8 Å². The molecule has 1 amide bonds. The van der Waals surface area contributed by atoms with Crippen LogP contribution >= 0.6 is 11.3 Å². The number of hydrogen-bond acceptors (Lipinski definition) is 4. The Labute approximate surface area is 130 Å². The summed E-state index contributed by atoms with van der Waals surface area (Å²) >= 11 is 1.64. The van der Waals surface area contributed by atoms with Gasteiger partial charge in [-0.05, 0) is 12.8 Å². The first-order chi connectivity index (χ1) is 9.93. The Hall–Kier alpha value is -1.63. The number of thiazole rings is 1. The maximum absolute atomic E-state index is 11.6. The second-order valence-corrected chi connectivity index (χ2v) is 6.10. The van der Waals surface area contributed by atoms with Crippen LogP contribution in [0.15, 0.2) is 10.4 Å². The quantitative estimate of drug-likeness (QED) is 0.615. The van der Waals surface area contributed by atoms with Crippen LogP contribution in [0.25, 0.3) is 0 Å². The van der Waals surface area contributed by atoms with Crippen molar-refractivity contribution in [3.8, 4) is 0 Å². The van der Waals surface area contributed by atoms with Crippen molar-refractivity contribution in [2.45, 2.75) is 33.2 Å². The molecule has 2 N–H and O–H groups in total. The smallest absolute Gasteiger partial charge is 0.243 e. The van der Waals surface area contributed by atoms with Gasteiger partial charge in [0.15, 0.2) is 5.96 Å². The number of hydrogen-bond donors (Lipinski definition) is 2. The average Bonchev–Trinajstić information content (AvgIpc) is 2.90. The number of amides is 1. The summed E-state index contributed by atoms with van der Waals surface area (Å²) in [5, 5.41) is 9.42. The predicted molar refractivity (Wildman–Crippen MR) is 87.7 cm³/mol. The predicted octanol–water partition coefficient (Wildman–Crippen LogP) is 1.41. The van der Waals surface area contributed by atoms with Gasteiger partial charge in [0.25, 0.3) is 0 Å². The molecule has 0 saturated heterocycles. The van der Waals surface area contributed by atoms with Crippen molar-refractivity contribution >= 4 is 23.2 Å². The Morgan fingerprint density at radius 2 is 2.14 bits per heavy atom. The number of likely N-dealkylation sites (N-methyl/N-ethyl adjacent to an activating group) is 1. The van der Waals surface area contributed by atoms with Crippen LogP contribution in [0.3, 0.4) is 0 Å². The number of carbonyl (C=O) groups is 1. The summed E-state index contributed by atoms with van der Waals surface area (Å²) in [6, 6.07) is 0. The number of carbonyl (C=O) groups excluding carboxylic acids is 1. The largest absolute Gasteiger partial charge is 0.357 e. The molecular weight excluding hydrogens is 286 g/mol. The lowest BCUT2D eigenvalue weighted by Gasteiger charge is -2.11. The van der Waals surface area contributed by atoms with Crippen molar-refractivity contribution in [1.29, 1.82) is 0 Å². The Morgan fingerprint density at radius 3 is 2.67 bits per heavy atom. The van der Waals surface area contributed by atoms with E-state index >= 15 is 0 Å². The highest BCUT2D eigenvalue weighted by molar-refractivity contribution is 7.09. The second-order valence-electron chi connectivity index (χ2n) is 5.16. The van der Waals surface area contributed by atoms with Gasteiger partial charge in [-0.3, -0.25) is 4.79 Å². The third-order valence-corrected chi connectivity index (χ3v) is 3.65. The Kier molecular flexibility index (Phi) is 7.14. The van der Waals surface area contributed by atoms with E-state index in [1.807, 2.05) is 6.92 Å². The molecule has 1 heterocycles. The van der Waals surface area contributed by atoms with E-state index in [9.17, 15) is 4.79 Å². The van der Waals surface area contributed by atoms with Crippen LogP contribution in [-0.2, 0) is 11.3 Å². The van der Waals surface area contributed by atoms with Crippen LogP contribution in [0.1, 0.15) is 37.4 Å². The summed E-state index contributed by atoms with van der Waals surface area (Å²) < 4.78 is 0. The van der Waals surface area contributed by atoms with Crippen LogP contribution in [-0.4, -0.2) is 48.9 Å². The molecule has 0 aliphatic rings. The number of nitrogens with one attached hydrogen (secondary N) is 2. The van der Waals surface area contributed by atoms with E-state index in [4.69, 9.17) is 0 Å². The van der Waals surface area contributed by atoms with Crippen molar-refractivity contribution in [1.82, 2.24) is 20.5 Å². The van der Waals surface area contributed by atoms with Crippen molar-refractivity contribution in [2.24, 2.45) is 4.99 Å². The Bertz CT molecular complexity index is 481. The number of nitrogens with zero attached hydrogens (tertiary/aromatic N) is 3. The van der Waals surface area contributed by atoms with Crippen LogP contribution < -0.4 is 10.6 Å². The van der Waals surface area contributed by atoms with Gasteiger partial charge in [-0.1, -0.05) is 13.8 Å². The minimum absolute atomic E-state index is 0.0245. The highest BCUT2D eigenvalue weighted by atomic mass is 32.1. The molecule has 0 aliphatic heterocycles. The normalized spacial score (nSPS) is 11.6. The molecule has 0 fully saturated rings. The van der Waals surface area contributed by atoms with Crippen molar-refractivity contribution < 1.29 is 4.79 Å². The highest BCUT2D eigenvalue weighted by Crippen LogP contribution is 2.17. The molecule has 0 bridgehead atoms. The third kappa shape index (κ3) is 6.12. The van der Waals surface area contributed by atoms with Crippen LogP contribution in [0, 0.1) is 0 Å². The van der Waals surface area contributed by atoms with E-state index in [0.717, 1.165) is 17.2 Å². The molecule has 6 nitrogen and oxygen atoms in total. The zero-order chi connectivity index (χ0) is 15.8. The van der Waals surface area contributed by atoms with Gasteiger partial charge in [-0.2, -0.15) is 0 Å². The third-order valence-electron chi connectivity index (χ3n) is 2.78. The first-order valence-electron chi connectivity index (χ1n) is 7.10. The van der Waals surface area contributed by atoms with Gasteiger partial charge in [-0.25, -0.2) is 9.98 Å². The highest BCUT2D eigenvalue weighted by Gasteiger charge is 2.07. The fraction of sp³-hybridized carbons (Fsp3) is 0.643. The molecular formula is C14H25N5OS. The lowest BCUT2D eigenvalue weighted by atomic mass is 10.2. The van der Waals surface area contributed by atoms with E-state index in [1.165, 1.54) is 4.90 Å². The molecule has 1 rings (SSSR count). The van der Waals surface area contributed by atoms with Crippen molar-refractivity contribution in [3.05, 3.63) is 16.1 Å². The maximum atomic E-state index is 11.6. The van der Waals surface area contributed by atoms with E-state index in [-0.39, 0.29) is 12.5 Å². The second kappa shape index (κ2) is 8.61. The number of aromatic nitrogens is 1. The van der Waals surface area contributed by atoms with E-state index < -0.39 is 0 Å². The summed E-state index contributed by atoms with van der Waals surface area (Å²) in [6.45, 7) is 7.74. The van der Waals surface area contributed by atoms with Crippen LogP contribution in [0.4, 0.5) is 0 Å². The first kappa shape index (κ1) is 17.4. The molecule has 0 aliphatic carbocycles. The summed E-state index contributed by atoms with van der Waals surface area (Å²) in [6.07, 6.45) is 0. The monoisotopic (exact) mass is 311 g/mol. The number of aliphatic imine (C=N–C) groups is 1. The van der Waals surface area contributed by atoms with Gasteiger partial charge in [0.05, 0.1) is 12.2 Å². The molecule has 0 unspecified atom stereocenters. The van der Waals surface area contributed by atoms with E-state index in [0.29, 0.717) is 18.4 Å². The van der Waals surface area contributed by atoms with Gasteiger partial charge in [-0.15, -0.1) is 11.3 Å². The molecule has 0 aromatic carbocycles. The van der Waals surface area contributed by atoms with Gasteiger partial charge in [0, 0.05) is 26.0 Å². The molecule has 7 heteroatoms. The summed E-state index contributed by atoms with van der Waals surface area (Å²) in [5.74, 6) is 1.05. The molecule has 1 aromatic rings. The Morgan fingerprint density at radius 1 is 1.43 bits per heavy atom. The Balaban J connectivity index is 2.57. The van der Waals surface area contributed by atoms with Crippen molar-refractivity contribution in [2.75, 3.05) is 27.2 Å². The van der Waals surface area contributed by atoms with Crippen LogP contribution in [0.2, 0.25) is 0 Å². The fourth-order valence-corrected chi connectivity index (χ4v) is 2.36. The van der Waals surface area contributed by atoms with Crippen molar-refractivity contribution in [3.63, 3.8) is 0 Å². The van der Waals surface area contributed by atoms with Gasteiger partial charge >= 0.3 is 0 Å². The molecule has 118 valence electrons. The average molecular weight is 311 g/mol. The molecule has 0 radical (unpaired) electrons. The fourth-order valence-electron chi connectivity index (χ4n) is 1.46. The molecule has 0 saturated carbocycles. The standard InChI is InChI=1S/C14H25N5OS/c1-6-15-14(17-8-13(20)19(4)5)16-7-12-18-11(9-21-12)10(2)3/h9-10H,6-8H2,1-5H3,(H2,15,16,17). The zero-order valence-electron chi connectivity index (χ0n) is 13.4. The topological polar surface area (TPSA) is 69.6 Å². The molecule has 0 spiro atoms. The minimum atomic E-state index is -0.0245. The van der Waals surface area contributed by atoms with Gasteiger partial charge in [0.2, 0.25) is 5.91 Å². The summed E-state index contributed by atoms with van der Waals surface area (Å²) in [7, 11) is 3.45. The number of rotatable bonds is 6. The zero-order valence-corrected chi connectivity index (χ0v) is 14.3. The molecule has 21 heavy (non-hydrogen) atoms. The molecule has 0 atom stereocenters.